The molecule has 44 heavy (non-hydrogen) atoms. The Hall–Kier alpha value is -3.47. The SMILES string of the molecule is CN(CCC[C@H](NC(=O)[C@@H]1CCCN1)C(=O)NC1CC(C)(C)N(O)C(C)(C)C1)C(=O)OC1c2ccccc2-c2ccccc21. The van der Waals surface area contributed by atoms with Gasteiger partial charge in [0.05, 0.1) is 6.04 Å². The highest BCUT2D eigenvalue weighted by atomic mass is 16.6. The minimum Gasteiger partial charge on any atom is -0.436 e. The topological polar surface area (TPSA) is 123 Å². The highest BCUT2D eigenvalue weighted by molar-refractivity contribution is 5.90. The van der Waals surface area contributed by atoms with Crippen LogP contribution in [0.2, 0.25) is 0 Å². The van der Waals surface area contributed by atoms with Crippen molar-refractivity contribution in [1.29, 1.82) is 0 Å². The van der Waals surface area contributed by atoms with Crippen molar-refractivity contribution in [3.8, 4) is 11.1 Å². The van der Waals surface area contributed by atoms with Crippen molar-refractivity contribution in [3.05, 3.63) is 59.7 Å². The van der Waals surface area contributed by atoms with Crippen LogP contribution < -0.4 is 16.0 Å². The molecule has 2 atom stereocenters. The second-order valence-electron chi connectivity index (χ2n) is 13.8. The van der Waals surface area contributed by atoms with Gasteiger partial charge in [0.1, 0.15) is 6.04 Å². The maximum atomic E-state index is 13.6. The fourth-order valence-electron chi connectivity index (χ4n) is 7.17. The number of nitrogens with one attached hydrogen (secondary N) is 3. The summed E-state index contributed by atoms with van der Waals surface area (Å²) in [6.45, 7) is 8.96. The van der Waals surface area contributed by atoms with E-state index in [9.17, 15) is 19.6 Å². The number of carbonyl (C=O) groups is 3. The summed E-state index contributed by atoms with van der Waals surface area (Å²) in [6, 6.07) is 14.7. The van der Waals surface area contributed by atoms with Gasteiger partial charge >= 0.3 is 6.09 Å². The summed E-state index contributed by atoms with van der Waals surface area (Å²) in [5.74, 6) is -0.427. The Labute approximate surface area is 260 Å². The van der Waals surface area contributed by atoms with E-state index in [1.54, 1.807) is 7.05 Å². The van der Waals surface area contributed by atoms with E-state index in [4.69, 9.17) is 4.74 Å². The molecule has 3 amide bonds. The normalized spacial score (nSPS) is 21.6. The summed E-state index contributed by atoms with van der Waals surface area (Å²) in [7, 11) is 1.69. The first kappa shape index (κ1) is 31.9. The van der Waals surface area contributed by atoms with Crippen molar-refractivity contribution in [3.63, 3.8) is 0 Å². The van der Waals surface area contributed by atoms with Crippen molar-refractivity contribution in [1.82, 2.24) is 25.9 Å². The van der Waals surface area contributed by atoms with E-state index in [2.05, 4.69) is 16.0 Å². The standard InChI is InChI=1S/C34H47N5O5/c1-33(2)20-22(21-34(3,4)39(33)43)36-31(41)28(37-30(40)27-16-10-18-35-27)17-11-19-38(5)32(42)44-29-25-14-8-6-12-23(25)24-13-7-9-15-26(24)29/h6-9,12-15,22,27-29,35,43H,10-11,16-21H2,1-5H3,(H,36,41)(H,37,40)/t27-,28-/m0/s1. The molecule has 0 saturated carbocycles. The van der Waals surface area contributed by atoms with E-state index in [-0.39, 0.29) is 23.9 Å². The average molecular weight is 606 g/mol. The van der Waals surface area contributed by atoms with E-state index in [0.717, 1.165) is 41.6 Å². The quantitative estimate of drug-likeness (QED) is 0.335. The molecular weight excluding hydrogens is 558 g/mol. The Morgan fingerprint density at radius 3 is 2.18 bits per heavy atom. The number of hydrogen-bond donors (Lipinski definition) is 4. The minimum absolute atomic E-state index is 0.158. The van der Waals surface area contributed by atoms with Gasteiger partial charge in [-0.1, -0.05) is 48.5 Å². The lowest BCUT2D eigenvalue weighted by Gasteiger charge is -2.51. The van der Waals surface area contributed by atoms with Crippen LogP contribution in [0.15, 0.2) is 48.5 Å². The molecule has 2 saturated heterocycles. The monoisotopic (exact) mass is 605 g/mol. The average Bonchev–Trinajstić information content (AvgIpc) is 3.63. The molecule has 238 valence electrons. The summed E-state index contributed by atoms with van der Waals surface area (Å²) in [5, 5.41) is 21.4. The van der Waals surface area contributed by atoms with Crippen LogP contribution in [0.5, 0.6) is 0 Å². The van der Waals surface area contributed by atoms with E-state index in [0.29, 0.717) is 32.2 Å². The molecule has 2 aromatic rings. The second-order valence-corrected chi connectivity index (χ2v) is 13.8. The summed E-state index contributed by atoms with van der Waals surface area (Å²) in [5.41, 5.74) is 3.04. The maximum absolute atomic E-state index is 13.6. The lowest BCUT2D eigenvalue weighted by atomic mass is 9.79. The number of rotatable bonds is 9. The summed E-state index contributed by atoms with van der Waals surface area (Å²) < 4.78 is 6.02. The highest BCUT2D eigenvalue weighted by Gasteiger charge is 2.45. The first-order chi connectivity index (χ1) is 20.9. The van der Waals surface area contributed by atoms with Crippen LogP contribution in [0.1, 0.15) is 83.5 Å². The molecule has 3 aliphatic rings. The van der Waals surface area contributed by atoms with Crippen molar-refractivity contribution >= 4 is 17.9 Å². The van der Waals surface area contributed by atoms with Crippen LogP contribution >= 0.6 is 0 Å². The summed E-state index contributed by atoms with van der Waals surface area (Å²) >= 11 is 0. The Morgan fingerprint density at radius 1 is 1.02 bits per heavy atom. The molecule has 1 aliphatic carbocycles. The van der Waals surface area contributed by atoms with E-state index < -0.39 is 29.3 Å². The highest BCUT2D eigenvalue weighted by Crippen LogP contribution is 2.45. The molecule has 10 heteroatoms. The molecule has 2 aliphatic heterocycles. The number of nitrogens with zero attached hydrogens (tertiary/aromatic N) is 2. The van der Waals surface area contributed by atoms with Crippen molar-refractivity contribution in [2.24, 2.45) is 0 Å². The lowest BCUT2D eigenvalue weighted by Crippen LogP contribution is -2.64. The smallest absolute Gasteiger partial charge is 0.410 e. The number of hydrogen-bond acceptors (Lipinski definition) is 7. The first-order valence-corrected chi connectivity index (χ1v) is 15.8. The molecule has 2 aromatic carbocycles. The van der Waals surface area contributed by atoms with Gasteiger partial charge in [-0.05, 0) is 83.9 Å². The first-order valence-electron chi connectivity index (χ1n) is 15.8. The lowest BCUT2D eigenvalue weighted by molar-refractivity contribution is -0.246. The zero-order chi connectivity index (χ0) is 31.6. The molecule has 10 nitrogen and oxygen atoms in total. The van der Waals surface area contributed by atoms with Crippen LogP contribution in [-0.2, 0) is 14.3 Å². The molecule has 5 rings (SSSR count). The second kappa shape index (κ2) is 12.9. The van der Waals surface area contributed by atoms with Crippen molar-refractivity contribution in [2.45, 2.75) is 102 Å². The van der Waals surface area contributed by atoms with Gasteiger partial charge in [-0.3, -0.25) is 9.59 Å². The molecule has 2 heterocycles. The predicted molar refractivity (Wildman–Crippen MR) is 168 cm³/mol. The third kappa shape index (κ3) is 6.77. The van der Waals surface area contributed by atoms with Gasteiger partial charge in [0.2, 0.25) is 11.8 Å². The van der Waals surface area contributed by atoms with Crippen LogP contribution in [-0.4, -0.2) is 82.4 Å². The van der Waals surface area contributed by atoms with Crippen LogP contribution in [0.4, 0.5) is 4.79 Å². The van der Waals surface area contributed by atoms with E-state index in [1.165, 1.54) is 9.96 Å². The fraction of sp³-hybridized carbons (Fsp3) is 0.559. The summed E-state index contributed by atoms with van der Waals surface area (Å²) in [6.07, 6.45) is 2.74. The Balaban J connectivity index is 1.20. The fourth-order valence-corrected chi connectivity index (χ4v) is 7.17. The third-order valence-corrected chi connectivity index (χ3v) is 9.29. The largest absolute Gasteiger partial charge is 0.436 e. The van der Waals surface area contributed by atoms with Gasteiger partial charge in [0, 0.05) is 41.8 Å². The van der Waals surface area contributed by atoms with E-state index in [1.807, 2.05) is 76.2 Å². The van der Waals surface area contributed by atoms with Gasteiger partial charge in [-0.2, -0.15) is 5.06 Å². The Kier molecular flexibility index (Phi) is 9.34. The number of hydroxylamine groups is 2. The van der Waals surface area contributed by atoms with Gasteiger partial charge in [0.25, 0.3) is 0 Å². The molecule has 4 N–H and O–H groups in total. The molecule has 2 fully saturated rings. The molecule has 0 aromatic heterocycles. The zero-order valence-electron chi connectivity index (χ0n) is 26.6. The Bertz CT molecular complexity index is 1310. The Morgan fingerprint density at radius 2 is 1.61 bits per heavy atom. The van der Waals surface area contributed by atoms with Crippen LogP contribution in [0.3, 0.4) is 0 Å². The number of fused-ring (bicyclic) bond motifs is 3. The van der Waals surface area contributed by atoms with Crippen molar-refractivity contribution < 1.29 is 24.3 Å². The number of benzene rings is 2. The summed E-state index contributed by atoms with van der Waals surface area (Å²) in [4.78, 5) is 41.4. The van der Waals surface area contributed by atoms with Gasteiger partial charge < -0.3 is 30.8 Å². The third-order valence-electron chi connectivity index (χ3n) is 9.29. The molecular formula is C34H47N5O5. The van der Waals surface area contributed by atoms with Gasteiger partial charge in [-0.25, -0.2) is 4.79 Å². The maximum Gasteiger partial charge on any atom is 0.410 e. The zero-order valence-corrected chi connectivity index (χ0v) is 26.6. The molecule has 0 spiro atoms. The molecule has 0 unspecified atom stereocenters. The number of amides is 3. The van der Waals surface area contributed by atoms with Crippen molar-refractivity contribution in [2.75, 3.05) is 20.1 Å². The number of carbonyl (C=O) groups excluding carboxylic acids is 3. The van der Waals surface area contributed by atoms with E-state index >= 15 is 0 Å². The number of ether oxygens (including phenoxy) is 1. The number of piperidine rings is 1. The minimum atomic E-state index is -0.749. The molecule has 0 bridgehead atoms. The molecule has 0 radical (unpaired) electrons. The van der Waals surface area contributed by atoms with Gasteiger partial charge in [-0.15, -0.1) is 0 Å². The van der Waals surface area contributed by atoms with Crippen LogP contribution in [0, 0.1) is 0 Å². The van der Waals surface area contributed by atoms with Crippen LogP contribution in [0.25, 0.3) is 11.1 Å². The van der Waals surface area contributed by atoms with Gasteiger partial charge in [0.15, 0.2) is 6.10 Å². The predicted octanol–water partition coefficient (Wildman–Crippen LogP) is 4.37.